The van der Waals surface area contributed by atoms with E-state index in [2.05, 4.69) is 23.5 Å². The topological polar surface area (TPSA) is 67.5 Å². The van der Waals surface area contributed by atoms with E-state index in [-0.39, 0.29) is 23.9 Å². The zero-order chi connectivity index (χ0) is 24.2. The van der Waals surface area contributed by atoms with Crippen LogP contribution in [0.1, 0.15) is 91.7 Å². The van der Waals surface area contributed by atoms with Gasteiger partial charge in [0.15, 0.2) is 5.58 Å². The van der Waals surface area contributed by atoms with Crippen molar-refractivity contribution in [2.75, 3.05) is 0 Å². The van der Waals surface area contributed by atoms with E-state index in [9.17, 15) is 9.59 Å². The summed E-state index contributed by atoms with van der Waals surface area (Å²) in [6, 6.07) is 12.3. The van der Waals surface area contributed by atoms with Crippen LogP contribution in [0.3, 0.4) is 0 Å². The average Bonchev–Trinajstić information content (AvgIpc) is 3.24. The van der Waals surface area contributed by atoms with Crippen molar-refractivity contribution in [1.29, 1.82) is 0 Å². The molecule has 2 amide bonds. The van der Waals surface area contributed by atoms with E-state index in [1.165, 1.54) is 24.0 Å². The van der Waals surface area contributed by atoms with Gasteiger partial charge in [-0.25, -0.2) is 0 Å². The van der Waals surface area contributed by atoms with Crippen LogP contribution in [0.15, 0.2) is 40.8 Å². The number of aromatic nitrogens is 1. The molecule has 2 aromatic heterocycles. The molecule has 1 aliphatic heterocycles. The van der Waals surface area contributed by atoms with Crippen molar-refractivity contribution in [2.24, 2.45) is 0 Å². The molecule has 0 radical (unpaired) electrons. The predicted octanol–water partition coefficient (Wildman–Crippen LogP) is 5.67. The fraction of sp³-hybridized carbons (Fsp3) is 0.517. The molecule has 184 valence electrons. The van der Waals surface area contributed by atoms with E-state index in [1.807, 2.05) is 41.5 Å². The fourth-order valence-electron chi connectivity index (χ4n) is 6.67. The molecule has 1 N–H and O–H groups in total. The Labute approximate surface area is 206 Å². The van der Waals surface area contributed by atoms with Crippen LogP contribution in [-0.4, -0.2) is 32.9 Å². The minimum atomic E-state index is -0.997. The van der Waals surface area contributed by atoms with Crippen molar-refractivity contribution < 1.29 is 14.0 Å². The number of furan rings is 1. The zero-order valence-corrected chi connectivity index (χ0v) is 20.8. The molecule has 1 fully saturated rings. The molecule has 6 heteroatoms. The van der Waals surface area contributed by atoms with E-state index in [1.54, 1.807) is 0 Å². The number of hydrogen-bond acceptors (Lipinski definition) is 3. The van der Waals surface area contributed by atoms with E-state index < -0.39 is 5.54 Å². The molecular weight excluding hydrogens is 438 g/mol. The van der Waals surface area contributed by atoms with Gasteiger partial charge in [-0.3, -0.25) is 9.59 Å². The Morgan fingerprint density at radius 3 is 2.63 bits per heavy atom. The maximum Gasteiger partial charge on any atom is 0.272 e. The van der Waals surface area contributed by atoms with Gasteiger partial charge in [0.25, 0.3) is 5.91 Å². The normalized spacial score (nSPS) is 25.3. The lowest BCUT2D eigenvalue weighted by atomic mass is 9.82. The second-order valence-electron chi connectivity index (χ2n) is 10.9. The van der Waals surface area contributed by atoms with Gasteiger partial charge < -0.3 is 19.2 Å². The summed E-state index contributed by atoms with van der Waals surface area (Å²) in [5.41, 5.74) is 3.68. The third-order valence-corrected chi connectivity index (χ3v) is 8.48. The minimum Gasteiger partial charge on any atom is -0.460 e. The van der Waals surface area contributed by atoms with E-state index in [0.29, 0.717) is 17.8 Å². The van der Waals surface area contributed by atoms with Crippen molar-refractivity contribution >= 4 is 22.9 Å². The molecule has 3 aliphatic rings. The molecule has 0 unspecified atom stereocenters. The number of hydrogen-bond donors (Lipinski definition) is 1. The lowest BCUT2D eigenvalue weighted by molar-refractivity contribution is -0.135. The smallest absolute Gasteiger partial charge is 0.272 e. The van der Waals surface area contributed by atoms with Gasteiger partial charge >= 0.3 is 0 Å². The van der Waals surface area contributed by atoms with Gasteiger partial charge in [-0.05, 0) is 57.1 Å². The molecule has 1 saturated carbocycles. The molecule has 3 aromatic rings. The first-order valence-electron chi connectivity index (χ1n) is 13.3. The van der Waals surface area contributed by atoms with Crippen molar-refractivity contribution in [3.63, 3.8) is 0 Å². The van der Waals surface area contributed by atoms with Crippen molar-refractivity contribution in [2.45, 2.75) is 95.8 Å². The molecule has 35 heavy (non-hydrogen) atoms. The number of carbonyl (C=O) groups is 2. The standard InChI is InChI=1S/C29H35N3O3/c1-19-16-24-26(35-19)17-25-27(33)32(23-15-9-11-20-10-7-8-14-22(20)23)29(2,18-31(24)25)28(34)30-21-12-5-3-4-6-13-21/h7-8,10,14,16-17,21,23H,3-6,9,11-13,15,18H2,1-2H3,(H,30,34)/t23-,29-/m1/s1. The van der Waals surface area contributed by atoms with E-state index in [0.717, 1.165) is 56.2 Å². The third kappa shape index (κ3) is 3.69. The van der Waals surface area contributed by atoms with Crippen LogP contribution in [0, 0.1) is 6.92 Å². The second-order valence-corrected chi connectivity index (χ2v) is 10.9. The molecule has 2 atom stereocenters. The first-order chi connectivity index (χ1) is 17.0. The molecule has 6 rings (SSSR count). The highest BCUT2D eigenvalue weighted by Crippen LogP contribution is 2.43. The lowest BCUT2D eigenvalue weighted by Crippen LogP contribution is -2.65. The monoisotopic (exact) mass is 473 g/mol. The maximum atomic E-state index is 14.2. The van der Waals surface area contributed by atoms with Gasteiger partial charge in [-0.2, -0.15) is 0 Å². The Hall–Kier alpha value is -3.02. The number of fused-ring (bicyclic) bond motifs is 4. The Bertz CT molecular complexity index is 1280. The van der Waals surface area contributed by atoms with Gasteiger partial charge in [0, 0.05) is 18.2 Å². The molecule has 0 bridgehead atoms. The van der Waals surface area contributed by atoms with Crippen LogP contribution in [0.2, 0.25) is 0 Å². The van der Waals surface area contributed by atoms with Crippen molar-refractivity contribution in [3.8, 4) is 0 Å². The lowest BCUT2D eigenvalue weighted by Gasteiger charge is -2.49. The van der Waals surface area contributed by atoms with Crippen LogP contribution in [0.4, 0.5) is 0 Å². The van der Waals surface area contributed by atoms with Crippen molar-refractivity contribution in [1.82, 2.24) is 14.8 Å². The molecule has 1 aromatic carbocycles. The minimum absolute atomic E-state index is 0.0338. The van der Waals surface area contributed by atoms with Crippen LogP contribution in [-0.2, 0) is 17.8 Å². The van der Waals surface area contributed by atoms with Crippen LogP contribution >= 0.6 is 0 Å². The Kier molecular flexibility index (Phi) is 5.50. The Morgan fingerprint density at radius 1 is 1.06 bits per heavy atom. The number of amides is 2. The highest BCUT2D eigenvalue weighted by Gasteiger charge is 2.51. The zero-order valence-electron chi connectivity index (χ0n) is 20.8. The van der Waals surface area contributed by atoms with Gasteiger partial charge in [0.2, 0.25) is 5.91 Å². The maximum absolute atomic E-state index is 14.2. The highest BCUT2D eigenvalue weighted by molar-refractivity contribution is 6.03. The summed E-state index contributed by atoms with van der Waals surface area (Å²) in [4.78, 5) is 30.3. The molecular formula is C29H35N3O3. The predicted molar refractivity (Wildman–Crippen MR) is 135 cm³/mol. The Balaban J connectivity index is 1.44. The summed E-state index contributed by atoms with van der Waals surface area (Å²) in [5, 5.41) is 3.39. The number of nitrogens with one attached hydrogen (secondary N) is 1. The summed E-state index contributed by atoms with van der Waals surface area (Å²) < 4.78 is 7.88. The summed E-state index contributed by atoms with van der Waals surface area (Å²) in [6.07, 6.45) is 9.69. The first-order valence-corrected chi connectivity index (χ1v) is 13.3. The number of benzene rings is 1. The number of rotatable bonds is 3. The molecule has 0 saturated heterocycles. The summed E-state index contributed by atoms with van der Waals surface area (Å²) >= 11 is 0. The Morgan fingerprint density at radius 2 is 1.83 bits per heavy atom. The highest BCUT2D eigenvalue weighted by atomic mass is 16.3. The van der Waals surface area contributed by atoms with E-state index in [4.69, 9.17) is 4.42 Å². The fourth-order valence-corrected chi connectivity index (χ4v) is 6.67. The molecule has 2 aliphatic carbocycles. The van der Waals surface area contributed by atoms with Crippen LogP contribution in [0.5, 0.6) is 0 Å². The summed E-state index contributed by atoms with van der Waals surface area (Å²) in [5.74, 6) is 0.694. The van der Waals surface area contributed by atoms with Gasteiger partial charge in [0.05, 0.1) is 18.1 Å². The SMILES string of the molecule is Cc1cc2c(cc3n2C[C@](C)(C(=O)NC2CCCCCC2)N([C@@H]2CCCc4ccccc42)C3=O)o1. The summed E-state index contributed by atoms with van der Waals surface area (Å²) in [6.45, 7) is 4.31. The largest absolute Gasteiger partial charge is 0.460 e. The van der Waals surface area contributed by atoms with Gasteiger partial charge in [0.1, 0.15) is 17.0 Å². The van der Waals surface area contributed by atoms with Crippen LogP contribution < -0.4 is 5.32 Å². The number of nitrogens with zero attached hydrogens (tertiary/aromatic N) is 2. The second kappa shape index (κ2) is 8.58. The van der Waals surface area contributed by atoms with Crippen molar-refractivity contribution in [3.05, 3.63) is 59.0 Å². The van der Waals surface area contributed by atoms with E-state index >= 15 is 0 Å². The summed E-state index contributed by atoms with van der Waals surface area (Å²) in [7, 11) is 0. The molecule has 3 heterocycles. The average molecular weight is 474 g/mol. The molecule has 0 spiro atoms. The quantitative estimate of drug-likeness (QED) is 0.498. The van der Waals surface area contributed by atoms with Gasteiger partial charge in [-0.1, -0.05) is 49.9 Å². The number of aryl methyl sites for hydroxylation is 2. The first kappa shape index (κ1) is 22.4. The molecule has 6 nitrogen and oxygen atoms in total. The number of carbonyl (C=O) groups excluding carboxylic acids is 2. The van der Waals surface area contributed by atoms with Gasteiger partial charge in [-0.15, -0.1) is 0 Å². The van der Waals surface area contributed by atoms with Crippen LogP contribution in [0.25, 0.3) is 11.1 Å². The third-order valence-electron chi connectivity index (χ3n) is 8.48.